The number of amides is 1. The van der Waals surface area contributed by atoms with Crippen molar-refractivity contribution >= 4 is 11.6 Å². The van der Waals surface area contributed by atoms with Crippen LogP contribution in [-0.4, -0.2) is 42.2 Å². The number of rotatable bonds is 4. The highest BCUT2D eigenvalue weighted by Gasteiger charge is 2.23. The Morgan fingerprint density at radius 3 is 2.84 bits per heavy atom. The van der Waals surface area contributed by atoms with Gasteiger partial charge in [0.05, 0.1) is 0 Å². The van der Waals surface area contributed by atoms with E-state index in [1.807, 2.05) is 0 Å². The fraction of sp³-hybridized carbons (Fsp3) is 0.500. The summed E-state index contributed by atoms with van der Waals surface area (Å²) in [7, 11) is 0. The molecule has 2 rings (SSSR count). The number of aliphatic hydroxyl groups excluding tert-OH is 1. The van der Waals surface area contributed by atoms with Crippen LogP contribution in [0.25, 0.3) is 0 Å². The molecule has 1 saturated heterocycles. The van der Waals surface area contributed by atoms with Gasteiger partial charge in [-0.2, -0.15) is 0 Å². The lowest BCUT2D eigenvalue weighted by atomic mass is 9.99. The van der Waals surface area contributed by atoms with Gasteiger partial charge in [-0.1, -0.05) is 0 Å². The standard InChI is InChI=1S/C14H20N2O3/c15-12-3-5-13(6-4-12)19-10-14(18)16-7-1-2-11(8-16)9-17/h3-6,11,17H,1-2,7-10,15H2. The molecule has 0 saturated carbocycles. The maximum Gasteiger partial charge on any atom is 0.260 e. The summed E-state index contributed by atoms with van der Waals surface area (Å²) in [6, 6.07) is 6.97. The number of nitrogens with two attached hydrogens (primary N) is 1. The summed E-state index contributed by atoms with van der Waals surface area (Å²) in [6.45, 7) is 1.55. The number of carbonyl (C=O) groups excluding carboxylic acids is 1. The summed E-state index contributed by atoms with van der Waals surface area (Å²) < 4.78 is 5.44. The van der Waals surface area contributed by atoms with Gasteiger partial charge < -0.3 is 20.5 Å². The lowest BCUT2D eigenvalue weighted by Crippen LogP contribution is -2.43. The van der Waals surface area contributed by atoms with E-state index in [4.69, 9.17) is 15.6 Å². The Morgan fingerprint density at radius 2 is 2.16 bits per heavy atom. The summed E-state index contributed by atoms with van der Waals surface area (Å²) in [6.07, 6.45) is 1.93. The maximum absolute atomic E-state index is 12.0. The normalized spacial score (nSPS) is 19.2. The number of nitrogens with zero attached hydrogens (tertiary/aromatic N) is 1. The first kappa shape index (κ1) is 13.7. The fourth-order valence-corrected chi connectivity index (χ4v) is 2.24. The predicted molar refractivity (Wildman–Crippen MR) is 72.7 cm³/mol. The molecule has 0 spiro atoms. The van der Waals surface area contributed by atoms with Crippen molar-refractivity contribution in [2.75, 3.05) is 32.0 Å². The van der Waals surface area contributed by atoms with Crippen molar-refractivity contribution in [1.29, 1.82) is 0 Å². The molecule has 0 radical (unpaired) electrons. The minimum atomic E-state index is -0.0324. The van der Waals surface area contributed by atoms with Crippen LogP contribution in [0.4, 0.5) is 5.69 Å². The molecule has 0 bridgehead atoms. The molecule has 1 amide bonds. The summed E-state index contributed by atoms with van der Waals surface area (Å²) >= 11 is 0. The summed E-state index contributed by atoms with van der Waals surface area (Å²) in [5, 5.41) is 9.14. The van der Waals surface area contributed by atoms with Gasteiger partial charge in [-0.3, -0.25) is 4.79 Å². The van der Waals surface area contributed by atoms with Crippen molar-refractivity contribution in [2.45, 2.75) is 12.8 Å². The van der Waals surface area contributed by atoms with Crippen LogP contribution in [0.15, 0.2) is 24.3 Å². The van der Waals surface area contributed by atoms with Crippen LogP contribution in [0.3, 0.4) is 0 Å². The van der Waals surface area contributed by atoms with E-state index in [1.54, 1.807) is 29.2 Å². The van der Waals surface area contributed by atoms with Crippen LogP contribution in [0.5, 0.6) is 5.75 Å². The first-order valence-corrected chi connectivity index (χ1v) is 6.56. The summed E-state index contributed by atoms with van der Waals surface area (Å²) in [5.41, 5.74) is 6.24. The predicted octanol–water partition coefficient (Wildman–Crippen LogP) is 0.878. The smallest absolute Gasteiger partial charge is 0.260 e. The highest BCUT2D eigenvalue weighted by Crippen LogP contribution is 2.17. The molecular weight excluding hydrogens is 244 g/mol. The second kappa shape index (κ2) is 6.43. The van der Waals surface area contributed by atoms with E-state index in [0.29, 0.717) is 18.0 Å². The Balaban J connectivity index is 1.82. The maximum atomic E-state index is 12.0. The lowest BCUT2D eigenvalue weighted by molar-refractivity contribution is -0.135. The quantitative estimate of drug-likeness (QED) is 0.792. The van der Waals surface area contributed by atoms with E-state index in [2.05, 4.69) is 0 Å². The zero-order chi connectivity index (χ0) is 13.7. The molecule has 1 aliphatic rings. The molecule has 0 aromatic heterocycles. The van der Waals surface area contributed by atoms with Gasteiger partial charge in [-0.15, -0.1) is 0 Å². The van der Waals surface area contributed by atoms with Gasteiger partial charge in [0.1, 0.15) is 5.75 Å². The number of benzene rings is 1. The molecule has 0 aliphatic carbocycles. The lowest BCUT2D eigenvalue weighted by Gasteiger charge is -2.31. The van der Waals surface area contributed by atoms with Gasteiger partial charge >= 0.3 is 0 Å². The minimum Gasteiger partial charge on any atom is -0.484 e. The first-order chi connectivity index (χ1) is 9.19. The van der Waals surface area contributed by atoms with E-state index in [0.717, 1.165) is 19.4 Å². The van der Waals surface area contributed by atoms with Gasteiger partial charge in [-0.25, -0.2) is 0 Å². The molecule has 1 atom stereocenters. The number of likely N-dealkylation sites (tertiary alicyclic amines) is 1. The molecular formula is C14H20N2O3. The van der Waals surface area contributed by atoms with Gasteiger partial charge in [-0.05, 0) is 43.0 Å². The molecule has 104 valence electrons. The molecule has 1 aromatic carbocycles. The van der Waals surface area contributed by atoms with Gasteiger partial charge in [0.25, 0.3) is 5.91 Å². The van der Waals surface area contributed by atoms with Crippen LogP contribution in [0.2, 0.25) is 0 Å². The molecule has 5 heteroatoms. The Kier molecular flexibility index (Phi) is 4.63. The number of hydrogen-bond donors (Lipinski definition) is 2. The first-order valence-electron chi connectivity index (χ1n) is 6.56. The van der Waals surface area contributed by atoms with Gasteiger partial charge in [0.15, 0.2) is 6.61 Å². The van der Waals surface area contributed by atoms with E-state index >= 15 is 0 Å². The summed E-state index contributed by atoms with van der Waals surface area (Å²) in [4.78, 5) is 13.8. The zero-order valence-corrected chi connectivity index (χ0v) is 10.9. The van der Waals surface area contributed by atoms with Gasteiger partial charge in [0, 0.05) is 25.4 Å². The van der Waals surface area contributed by atoms with Crippen LogP contribution >= 0.6 is 0 Å². The SMILES string of the molecule is Nc1ccc(OCC(=O)N2CCCC(CO)C2)cc1. The van der Waals surface area contributed by atoms with Crippen molar-refractivity contribution in [3.63, 3.8) is 0 Å². The van der Waals surface area contributed by atoms with E-state index < -0.39 is 0 Å². The van der Waals surface area contributed by atoms with Crippen molar-refractivity contribution < 1.29 is 14.6 Å². The van der Waals surface area contributed by atoms with Crippen molar-refractivity contribution in [3.05, 3.63) is 24.3 Å². The topological polar surface area (TPSA) is 75.8 Å². The zero-order valence-electron chi connectivity index (χ0n) is 10.9. The van der Waals surface area contributed by atoms with E-state index in [9.17, 15) is 4.79 Å². The number of ether oxygens (including phenoxy) is 1. The fourth-order valence-electron chi connectivity index (χ4n) is 2.24. The number of nitrogen functional groups attached to an aromatic ring is 1. The Morgan fingerprint density at radius 1 is 1.42 bits per heavy atom. The highest BCUT2D eigenvalue weighted by molar-refractivity contribution is 5.77. The van der Waals surface area contributed by atoms with Crippen LogP contribution in [0.1, 0.15) is 12.8 Å². The molecule has 1 aromatic rings. The third kappa shape index (κ3) is 3.86. The van der Waals surface area contributed by atoms with Crippen LogP contribution < -0.4 is 10.5 Å². The largest absolute Gasteiger partial charge is 0.484 e. The number of carbonyl (C=O) groups is 1. The van der Waals surface area contributed by atoms with Crippen molar-refractivity contribution in [3.8, 4) is 5.75 Å². The molecule has 5 nitrogen and oxygen atoms in total. The average Bonchev–Trinajstić information content (AvgIpc) is 2.46. The molecule has 19 heavy (non-hydrogen) atoms. The third-order valence-corrected chi connectivity index (χ3v) is 3.37. The highest BCUT2D eigenvalue weighted by atomic mass is 16.5. The molecule has 1 fully saturated rings. The number of piperidine rings is 1. The monoisotopic (exact) mass is 264 g/mol. The molecule has 1 aliphatic heterocycles. The van der Waals surface area contributed by atoms with Crippen LogP contribution in [0, 0.1) is 5.92 Å². The second-order valence-electron chi connectivity index (χ2n) is 4.89. The Hall–Kier alpha value is -1.75. The second-order valence-corrected chi connectivity index (χ2v) is 4.89. The number of aliphatic hydroxyl groups is 1. The van der Waals surface area contributed by atoms with Crippen molar-refractivity contribution in [1.82, 2.24) is 4.90 Å². The number of anilines is 1. The third-order valence-electron chi connectivity index (χ3n) is 3.37. The molecule has 1 heterocycles. The van der Waals surface area contributed by atoms with Gasteiger partial charge in [0.2, 0.25) is 0 Å². The Labute approximate surface area is 113 Å². The minimum absolute atomic E-state index is 0.0298. The molecule has 1 unspecified atom stereocenters. The van der Waals surface area contributed by atoms with Crippen molar-refractivity contribution in [2.24, 2.45) is 5.92 Å². The van der Waals surface area contributed by atoms with E-state index in [-0.39, 0.29) is 25.0 Å². The van der Waals surface area contributed by atoms with E-state index in [1.165, 1.54) is 0 Å². The average molecular weight is 264 g/mol. The molecule has 3 N–H and O–H groups in total. The summed E-state index contributed by atoms with van der Waals surface area (Å²) in [5.74, 6) is 0.808. The Bertz CT molecular complexity index is 419. The number of hydrogen-bond acceptors (Lipinski definition) is 4. The van der Waals surface area contributed by atoms with Crippen LogP contribution in [-0.2, 0) is 4.79 Å².